The van der Waals surface area contributed by atoms with E-state index < -0.39 is 6.04 Å². The summed E-state index contributed by atoms with van der Waals surface area (Å²) in [6, 6.07) is 10.9. The number of nitrogens with zero attached hydrogens (tertiary/aromatic N) is 1. The van der Waals surface area contributed by atoms with E-state index in [1.54, 1.807) is 12.0 Å². The maximum Gasteiger partial charge on any atom is 0.264 e. The first-order valence-corrected chi connectivity index (χ1v) is 10.4. The van der Waals surface area contributed by atoms with Crippen molar-refractivity contribution in [3.8, 4) is 5.75 Å². The summed E-state index contributed by atoms with van der Waals surface area (Å²) >= 11 is 1.41. The van der Waals surface area contributed by atoms with Crippen LogP contribution in [0.2, 0.25) is 0 Å². The molecule has 2 aromatic rings. The van der Waals surface area contributed by atoms with Crippen molar-refractivity contribution in [2.24, 2.45) is 0 Å². The first kappa shape index (κ1) is 20.4. The van der Waals surface area contributed by atoms with Crippen LogP contribution < -0.4 is 10.1 Å². The summed E-state index contributed by atoms with van der Waals surface area (Å²) < 4.78 is 10.6. The molecule has 7 heteroatoms. The SMILES string of the molecule is COCCOc1cccc(CNC(=O)C2CCCCN2C(=O)c2cccs2)c1. The van der Waals surface area contributed by atoms with Gasteiger partial charge in [0.2, 0.25) is 5.91 Å². The molecule has 6 nitrogen and oxygen atoms in total. The Bertz CT molecular complexity index is 778. The van der Waals surface area contributed by atoms with Crippen LogP contribution in [-0.2, 0) is 16.1 Å². The summed E-state index contributed by atoms with van der Waals surface area (Å²) in [4.78, 5) is 28.0. The monoisotopic (exact) mass is 402 g/mol. The van der Waals surface area contributed by atoms with Gasteiger partial charge in [0.05, 0.1) is 11.5 Å². The minimum Gasteiger partial charge on any atom is -0.491 e. The number of hydrogen-bond donors (Lipinski definition) is 1. The Labute approximate surface area is 169 Å². The summed E-state index contributed by atoms with van der Waals surface area (Å²) in [5.41, 5.74) is 0.954. The van der Waals surface area contributed by atoms with Crippen molar-refractivity contribution in [2.45, 2.75) is 31.8 Å². The molecule has 3 rings (SSSR count). The third-order valence-electron chi connectivity index (χ3n) is 4.72. The first-order chi connectivity index (χ1) is 13.7. The maximum atomic E-state index is 12.8. The summed E-state index contributed by atoms with van der Waals surface area (Å²) in [6.45, 7) is 2.03. The fraction of sp³-hybridized carbons (Fsp3) is 0.429. The second-order valence-corrected chi connectivity index (χ2v) is 7.64. The van der Waals surface area contributed by atoms with Gasteiger partial charge in [-0.05, 0) is 48.4 Å². The molecular weight excluding hydrogens is 376 g/mol. The van der Waals surface area contributed by atoms with Crippen LogP contribution in [-0.4, -0.2) is 49.6 Å². The van der Waals surface area contributed by atoms with Crippen LogP contribution in [0, 0.1) is 0 Å². The number of likely N-dealkylation sites (tertiary alicyclic amines) is 1. The Morgan fingerprint density at radius 3 is 2.89 bits per heavy atom. The van der Waals surface area contributed by atoms with Gasteiger partial charge < -0.3 is 19.7 Å². The van der Waals surface area contributed by atoms with Crippen LogP contribution in [0.3, 0.4) is 0 Å². The van der Waals surface area contributed by atoms with Crippen molar-refractivity contribution in [1.82, 2.24) is 10.2 Å². The van der Waals surface area contributed by atoms with Crippen LogP contribution >= 0.6 is 11.3 Å². The zero-order chi connectivity index (χ0) is 19.8. The summed E-state index contributed by atoms with van der Waals surface area (Å²) in [6.07, 6.45) is 2.58. The third kappa shape index (κ3) is 5.33. The molecule has 1 aliphatic heterocycles. The van der Waals surface area contributed by atoms with E-state index in [-0.39, 0.29) is 11.8 Å². The summed E-state index contributed by atoms with van der Waals surface area (Å²) in [5, 5.41) is 4.87. The van der Waals surface area contributed by atoms with Crippen molar-refractivity contribution in [3.05, 3.63) is 52.2 Å². The molecule has 2 amide bonds. The van der Waals surface area contributed by atoms with E-state index in [4.69, 9.17) is 9.47 Å². The van der Waals surface area contributed by atoms with Crippen LogP contribution in [0.5, 0.6) is 5.75 Å². The lowest BCUT2D eigenvalue weighted by atomic mass is 10.0. The molecule has 0 spiro atoms. The number of ether oxygens (including phenoxy) is 2. The van der Waals surface area contributed by atoms with Crippen LogP contribution in [0.4, 0.5) is 0 Å². The van der Waals surface area contributed by atoms with Gasteiger partial charge in [-0.3, -0.25) is 9.59 Å². The van der Waals surface area contributed by atoms with E-state index in [1.165, 1.54) is 11.3 Å². The Kier molecular flexibility index (Phi) is 7.45. The third-order valence-corrected chi connectivity index (χ3v) is 5.58. The highest BCUT2D eigenvalue weighted by Crippen LogP contribution is 2.22. The van der Waals surface area contributed by atoms with Gasteiger partial charge in [-0.25, -0.2) is 0 Å². The van der Waals surface area contributed by atoms with Gasteiger partial charge in [-0.2, -0.15) is 0 Å². The summed E-state index contributed by atoms with van der Waals surface area (Å²) in [5.74, 6) is 0.592. The number of nitrogens with one attached hydrogen (secondary N) is 1. The number of piperidine rings is 1. The number of benzene rings is 1. The van der Waals surface area contributed by atoms with Gasteiger partial charge in [0, 0.05) is 20.2 Å². The van der Waals surface area contributed by atoms with Crippen molar-refractivity contribution in [3.63, 3.8) is 0 Å². The highest BCUT2D eigenvalue weighted by molar-refractivity contribution is 7.12. The van der Waals surface area contributed by atoms with E-state index in [0.29, 0.717) is 37.6 Å². The predicted octanol–water partition coefficient (Wildman–Crippen LogP) is 3.08. The quantitative estimate of drug-likeness (QED) is 0.689. The molecule has 0 bridgehead atoms. The second kappa shape index (κ2) is 10.2. The standard InChI is InChI=1S/C21H26N2O4S/c1-26-11-12-27-17-7-4-6-16(14-17)15-22-20(24)18-8-2-3-10-23(18)21(25)19-9-5-13-28-19/h4-7,9,13-14,18H,2-3,8,10-12,15H2,1H3,(H,22,24). The van der Waals surface area contributed by atoms with Crippen molar-refractivity contribution in [2.75, 3.05) is 26.9 Å². The van der Waals surface area contributed by atoms with E-state index in [0.717, 1.165) is 24.2 Å². The molecule has 1 N–H and O–H groups in total. The first-order valence-electron chi connectivity index (χ1n) is 9.52. The summed E-state index contributed by atoms with van der Waals surface area (Å²) in [7, 11) is 1.63. The molecule has 1 aliphatic rings. The molecule has 28 heavy (non-hydrogen) atoms. The van der Waals surface area contributed by atoms with Crippen LogP contribution in [0.25, 0.3) is 0 Å². The molecular formula is C21H26N2O4S. The molecule has 0 radical (unpaired) electrons. The number of thiophene rings is 1. The molecule has 1 unspecified atom stereocenters. The minimum absolute atomic E-state index is 0.0524. The molecule has 150 valence electrons. The Morgan fingerprint density at radius 1 is 1.21 bits per heavy atom. The lowest BCUT2D eigenvalue weighted by molar-refractivity contribution is -0.126. The molecule has 1 saturated heterocycles. The minimum atomic E-state index is -0.413. The number of hydrogen-bond acceptors (Lipinski definition) is 5. The van der Waals surface area contributed by atoms with E-state index in [9.17, 15) is 9.59 Å². The van der Waals surface area contributed by atoms with Gasteiger partial charge in [-0.1, -0.05) is 18.2 Å². The van der Waals surface area contributed by atoms with E-state index >= 15 is 0 Å². The lowest BCUT2D eigenvalue weighted by Crippen LogP contribution is -2.51. The number of methoxy groups -OCH3 is 1. The molecule has 1 aromatic heterocycles. The fourth-order valence-electron chi connectivity index (χ4n) is 3.28. The van der Waals surface area contributed by atoms with E-state index in [1.807, 2.05) is 41.8 Å². The smallest absolute Gasteiger partial charge is 0.264 e. The van der Waals surface area contributed by atoms with Crippen molar-refractivity contribution >= 4 is 23.2 Å². The Balaban J connectivity index is 1.58. The number of rotatable bonds is 8. The van der Waals surface area contributed by atoms with Crippen LogP contribution in [0.1, 0.15) is 34.5 Å². The predicted molar refractivity (Wildman–Crippen MR) is 109 cm³/mol. The van der Waals surface area contributed by atoms with Gasteiger partial charge in [0.25, 0.3) is 5.91 Å². The van der Waals surface area contributed by atoms with Crippen LogP contribution in [0.15, 0.2) is 41.8 Å². The molecule has 0 aliphatic carbocycles. The number of amides is 2. The molecule has 1 aromatic carbocycles. The Morgan fingerprint density at radius 2 is 2.11 bits per heavy atom. The van der Waals surface area contributed by atoms with Gasteiger partial charge in [0.15, 0.2) is 0 Å². The second-order valence-electron chi connectivity index (χ2n) is 6.69. The van der Waals surface area contributed by atoms with Crippen molar-refractivity contribution in [1.29, 1.82) is 0 Å². The molecule has 1 fully saturated rings. The molecule has 2 heterocycles. The topological polar surface area (TPSA) is 67.9 Å². The zero-order valence-electron chi connectivity index (χ0n) is 16.1. The van der Waals surface area contributed by atoms with Gasteiger partial charge in [-0.15, -0.1) is 11.3 Å². The number of carbonyl (C=O) groups excluding carboxylic acids is 2. The van der Waals surface area contributed by atoms with Crippen molar-refractivity contribution < 1.29 is 19.1 Å². The van der Waals surface area contributed by atoms with Gasteiger partial charge in [0.1, 0.15) is 18.4 Å². The highest BCUT2D eigenvalue weighted by Gasteiger charge is 2.32. The highest BCUT2D eigenvalue weighted by atomic mass is 32.1. The zero-order valence-corrected chi connectivity index (χ0v) is 16.9. The number of carbonyl (C=O) groups is 2. The van der Waals surface area contributed by atoms with E-state index in [2.05, 4.69) is 5.32 Å². The lowest BCUT2D eigenvalue weighted by Gasteiger charge is -2.34. The maximum absolute atomic E-state index is 12.8. The van der Waals surface area contributed by atoms with Gasteiger partial charge >= 0.3 is 0 Å². The largest absolute Gasteiger partial charge is 0.491 e. The molecule has 1 atom stereocenters. The average Bonchev–Trinajstić information content (AvgIpc) is 3.27. The average molecular weight is 403 g/mol. The fourth-order valence-corrected chi connectivity index (χ4v) is 3.96. The normalized spacial score (nSPS) is 16.6. The Hall–Kier alpha value is -2.38. The molecule has 0 saturated carbocycles.